The Morgan fingerprint density at radius 3 is 2.48 bits per heavy atom. The van der Waals surface area contributed by atoms with Crippen molar-refractivity contribution in [1.29, 1.82) is 0 Å². The van der Waals surface area contributed by atoms with Crippen LogP contribution in [0.3, 0.4) is 0 Å². The number of carbonyl (C=O) groups excluding carboxylic acids is 1. The highest BCUT2D eigenvalue weighted by molar-refractivity contribution is 5.94. The average molecular weight is 343 g/mol. The molecule has 1 aliphatic heterocycles. The first-order valence-corrected chi connectivity index (χ1v) is 10.4. The predicted molar refractivity (Wildman–Crippen MR) is 104 cm³/mol. The zero-order valence-electron chi connectivity index (χ0n) is 15.8. The number of likely N-dealkylation sites (tertiary alicyclic amines) is 1. The number of rotatable bonds is 6. The van der Waals surface area contributed by atoms with Crippen LogP contribution < -0.4 is 5.32 Å². The molecule has 2 atom stereocenters. The smallest absolute Gasteiger partial charge is 0.251 e. The van der Waals surface area contributed by atoms with Gasteiger partial charge in [-0.25, -0.2) is 0 Å². The van der Waals surface area contributed by atoms with E-state index in [0.29, 0.717) is 12.0 Å². The van der Waals surface area contributed by atoms with Crippen LogP contribution in [0.1, 0.15) is 74.2 Å². The van der Waals surface area contributed by atoms with Gasteiger partial charge in [-0.15, -0.1) is 0 Å². The number of nitrogens with one attached hydrogen (secondary N) is 1. The lowest BCUT2D eigenvalue weighted by Crippen LogP contribution is -2.47. The van der Waals surface area contributed by atoms with Crippen LogP contribution in [-0.2, 0) is 6.42 Å². The van der Waals surface area contributed by atoms with E-state index in [1.54, 1.807) is 0 Å². The van der Waals surface area contributed by atoms with Crippen molar-refractivity contribution in [3.05, 3.63) is 35.4 Å². The van der Waals surface area contributed by atoms with Gasteiger partial charge in [-0.1, -0.05) is 44.7 Å². The number of hydrogen-bond donors (Lipinski definition) is 1. The Kier molecular flexibility index (Phi) is 6.92. The van der Waals surface area contributed by atoms with Gasteiger partial charge < -0.3 is 10.2 Å². The standard InChI is InChI=1S/C22H34N2O/c1-2-8-18-11-13-19(14-12-18)22(25)23-21-10-5-4-9-20(21)17-24-15-6-3-7-16-24/h11-14,20-21H,2-10,15-17H2,1H3,(H,23,25)/t20-,21+/m0/s1. The molecule has 0 unspecified atom stereocenters. The summed E-state index contributed by atoms with van der Waals surface area (Å²) < 4.78 is 0. The Bertz CT molecular complexity index is 533. The van der Waals surface area contributed by atoms with Gasteiger partial charge in [-0.3, -0.25) is 4.79 Å². The van der Waals surface area contributed by atoms with Crippen molar-refractivity contribution >= 4 is 5.91 Å². The summed E-state index contributed by atoms with van der Waals surface area (Å²) in [6, 6.07) is 8.53. The molecule has 1 heterocycles. The van der Waals surface area contributed by atoms with Gasteiger partial charge in [0.05, 0.1) is 0 Å². The molecular formula is C22H34N2O. The summed E-state index contributed by atoms with van der Waals surface area (Å²) in [5.41, 5.74) is 2.13. The van der Waals surface area contributed by atoms with Crippen molar-refractivity contribution in [3.8, 4) is 0 Å². The summed E-state index contributed by atoms with van der Waals surface area (Å²) in [5, 5.41) is 3.36. The molecule has 1 aromatic rings. The van der Waals surface area contributed by atoms with Crippen LogP contribution in [0.25, 0.3) is 0 Å². The van der Waals surface area contributed by atoms with E-state index in [0.717, 1.165) is 24.8 Å². The molecule has 1 N–H and O–H groups in total. The van der Waals surface area contributed by atoms with Crippen molar-refractivity contribution in [2.24, 2.45) is 5.92 Å². The van der Waals surface area contributed by atoms with Gasteiger partial charge in [-0.2, -0.15) is 0 Å². The van der Waals surface area contributed by atoms with Crippen molar-refractivity contribution < 1.29 is 4.79 Å². The van der Waals surface area contributed by atoms with Crippen LogP contribution in [0.2, 0.25) is 0 Å². The number of hydrogen-bond acceptors (Lipinski definition) is 2. The fourth-order valence-electron chi connectivity index (χ4n) is 4.45. The number of carbonyl (C=O) groups is 1. The molecule has 3 rings (SSSR count). The third-order valence-corrected chi connectivity index (χ3v) is 5.92. The average Bonchev–Trinajstić information content (AvgIpc) is 2.65. The van der Waals surface area contributed by atoms with E-state index >= 15 is 0 Å². The molecule has 0 aromatic heterocycles. The monoisotopic (exact) mass is 342 g/mol. The van der Waals surface area contributed by atoms with Crippen molar-refractivity contribution in [2.45, 2.75) is 70.8 Å². The molecule has 0 radical (unpaired) electrons. The highest BCUT2D eigenvalue weighted by atomic mass is 16.1. The Balaban J connectivity index is 1.57. The summed E-state index contributed by atoms with van der Waals surface area (Å²) in [6.45, 7) is 5.85. The summed E-state index contributed by atoms with van der Waals surface area (Å²) >= 11 is 0. The van der Waals surface area contributed by atoms with E-state index in [2.05, 4.69) is 29.3 Å². The fourth-order valence-corrected chi connectivity index (χ4v) is 4.45. The topological polar surface area (TPSA) is 32.3 Å². The van der Waals surface area contributed by atoms with Crippen LogP contribution in [0, 0.1) is 5.92 Å². The second-order valence-electron chi connectivity index (χ2n) is 7.93. The minimum absolute atomic E-state index is 0.110. The summed E-state index contributed by atoms with van der Waals surface area (Å²) in [4.78, 5) is 15.3. The fraction of sp³-hybridized carbons (Fsp3) is 0.682. The number of benzene rings is 1. The first kappa shape index (κ1) is 18.4. The molecule has 138 valence electrons. The molecule has 0 bridgehead atoms. The van der Waals surface area contributed by atoms with Crippen LogP contribution in [0.4, 0.5) is 0 Å². The van der Waals surface area contributed by atoms with Gasteiger partial charge in [0.2, 0.25) is 0 Å². The van der Waals surface area contributed by atoms with Gasteiger partial charge in [0.1, 0.15) is 0 Å². The third-order valence-electron chi connectivity index (χ3n) is 5.92. The molecule has 1 saturated carbocycles. The van der Waals surface area contributed by atoms with Crippen LogP contribution in [0.5, 0.6) is 0 Å². The molecule has 2 aliphatic rings. The Hall–Kier alpha value is -1.35. The van der Waals surface area contributed by atoms with Crippen LogP contribution in [0.15, 0.2) is 24.3 Å². The van der Waals surface area contributed by atoms with Gasteiger partial charge in [0.25, 0.3) is 5.91 Å². The minimum atomic E-state index is 0.110. The molecule has 0 spiro atoms. The molecule has 2 fully saturated rings. The highest BCUT2D eigenvalue weighted by Gasteiger charge is 2.28. The number of piperidine rings is 1. The molecular weight excluding hydrogens is 308 g/mol. The van der Waals surface area contributed by atoms with Crippen LogP contribution in [-0.4, -0.2) is 36.5 Å². The number of aryl methyl sites for hydroxylation is 1. The van der Waals surface area contributed by atoms with Crippen molar-refractivity contribution in [3.63, 3.8) is 0 Å². The Morgan fingerprint density at radius 2 is 1.76 bits per heavy atom. The van der Waals surface area contributed by atoms with Crippen LogP contribution >= 0.6 is 0 Å². The zero-order chi connectivity index (χ0) is 17.5. The molecule has 25 heavy (non-hydrogen) atoms. The van der Waals surface area contributed by atoms with E-state index in [-0.39, 0.29) is 5.91 Å². The predicted octanol–water partition coefficient (Wildman–Crippen LogP) is 4.41. The first-order chi connectivity index (χ1) is 12.3. The third kappa shape index (κ3) is 5.31. The highest BCUT2D eigenvalue weighted by Crippen LogP contribution is 2.26. The lowest BCUT2D eigenvalue weighted by atomic mass is 9.83. The maximum atomic E-state index is 12.7. The lowest BCUT2D eigenvalue weighted by Gasteiger charge is -2.37. The zero-order valence-corrected chi connectivity index (χ0v) is 15.8. The molecule has 3 nitrogen and oxygen atoms in total. The van der Waals surface area contributed by atoms with E-state index in [1.807, 2.05) is 12.1 Å². The Morgan fingerprint density at radius 1 is 1.04 bits per heavy atom. The number of nitrogens with zero attached hydrogens (tertiary/aromatic N) is 1. The van der Waals surface area contributed by atoms with Crippen molar-refractivity contribution in [2.75, 3.05) is 19.6 Å². The SMILES string of the molecule is CCCc1ccc(C(=O)N[C@@H]2CCCC[C@H]2CN2CCCCC2)cc1. The van der Waals surface area contributed by atoms with Gasteiger partial charge in [0, 0.05) is 18.2 Å². The van der Waals surface area contributed by atoms with E-state index in [4.69, 9.17) is 0 Å². The van der Waals surface area contributed by atoms with Gasteiger partial charge >= 0.3 is 0 Å². The second-order valence-corrected chi connectivity index (χ2v) is 7.93. The normalized spacial score (nSPS) is 24.8. The lowest BCUT2D eigenvalue weighted by molar-refractivity contribution is 0.0877. The molecule has 1 amide bonds. The maximum Gasteiger partial charge on any atom is 0.251 e. The summed E-state index contributed by atoms with van der Waals surface area (Å²) in [6.07, 6.45) is 11.3. The Labute approximate surface area is 153 Å². The molecule has 1 aromatic carbocycles. The summed E-state index contributed by atoms with van der Waals surface area (Å²) in [7, 11) is 0. The quantitative estimate of drug-likeness (QED) is 0.830. The van der Waals surface area contributed by atoms with Gasteiger partial charge in [0.15, 0.2) is 0 Å². The van der Waals surface area contributed by atoms with E-state index < -0.39 is 0 Å². The van der Waals surface area contributed by atoms with E-state index in [9.17, 15) is 4.79 Å². The molecule has 3 heteroatoms. The largest absolute Gasteiger partial charge is 0.349 e. The van der Waals surface area contributed by atoms with Gasteiger partial charge in [-0.05, 0) is 68.8 Å². The molecule has 1 aliphatic carbocycles. The maximum absolute atomic E-state index is 12.7. The second kappa shape index (κ2) is 9.38. The minimum Gasteiger partial charge on any atom is -0.349 e. The summed E-state index contributed by atoms with van der Waals surface area (Å²) in [5.74, 6) is 0.730. The van der Waals surface area contributed by atoms with E-state index in [1.165, 1.54) is 63.7 Å². The molecule has 1 saturated heterocycles. The first-order valence-electron chi connectivity index (χ1n) is 10.4. The van der Waals surface area contributed by atoms with Crippen molar-refractivity contribution in [1.82, 2.24) is 10.2 Å². The number of amides is 1.